The Labute approximate surface area is 106 Å². The third-order valence-electron chi connectivity index (χ3n) is 2.85. The van der Waals surface area contributed by atoms with Crippen LogP contribution in [0.3, 0.4) is 0 Å². The van der Waals surface area contributed by atoms with Crippen molar-refractivity contribution in [1.82, 2.24) is 5.32 Å². The van der Waals surface area contributed by atoms with E-state index in [9.17, 15) is 9.18 Å². The number of carbonyl (C=O) groups excluding carboxylic acids is 1. The maximum Gasteiger partial charge on any atom is 0.338 e. The molecule has 0 saturated heterocycles. The standard InChI is InChI=1S/C14H18FNO2/c1-14(2,3)18-13(17)10-4-5-12(15)9-6-7-16-8-11(9)10/h4-5,16H,6-8H2,1-3H3. The lowest BCUT2D eigenvalue weighted by Gasteiger charge is -2.23. The number of ether oxygens (including phenoxy) is 1. The smallest absolute Gasteiger partial charge is 0.338 e. The molecule has 18 heavy (non-hydrogen) atoms. The third kappa shape index (κ3) is 2.70. The van der Waals surface area contributed by atoms with E-state index in [0.717, 1.165) is 12.1 Å². The van der Waals surface area contributed by atoms with Crippen LogP contribution in [0.4, 0.5) is 4.39 Å². The van der Waals surface area contributed by atoms with E-state index in [-0.39, 0.29) is 11.8 Å². The van der Waals surface area contributed by atoms with Crippen LogP contribution in [0.2, 0.25) is 0 Å². The number of fused-ring (bicyclic) bond motifs is 1. The number of hydrogen-bond acceptors (Lipinski definition) is 3. The molecular weight excluding hydrogens is 233 g/mol. The van der Waals surface area contributed by atoms with Gasteiger partial charge in [0.25, 0.3) is 0 Å². The zero-order valence-corrected chi connectivity index (χ0v) is 11.0. The van der Waals surface area contributed by atoms with E-state index < -0.39 is 5.60 Å². The SMILES string of the molecule is CC(C)(C)OC(=O)c1ccc(F)c2c1CNCC2. The number of carbonyl (C=O) groups is 1. The molecule has 1 aliphatic rings. The van der Waals surface area contributed by atoms with Crippen molar-refractivity contribution in [2.45, 2.75) is 39.3 Å². The molecule has 0 saturated carbocycles. The molecule has 1 N–H and O–H groups in total. The summed E-state index contributed by atoms with van der Waals surface area (Å²) in [6.07, 6.45) is 0.609. The van der Waals surface area contributed by atoms with Crippen molar-refractivity contribution in [3.05, 3.63) is 34.6 Å². The maximum atomic E-state index is 13.7. The Bertz CT molecular complexity index is 477. The zero-order valence-electron chi connectivity index (χ0n) is 11.0. The fourth-order valence-electron chi connectivity index (χ4n) is 2.09. The highest BCUT2D eigenvalue weighted by Gasteiger charge is 2.24. The van der Waals surface area contributed by atoms with Crippen LogP contribution in [0.1, 0.15) is 42.3 Å². The first-order chi connectivity index (χ1) is 8.38. The monoisotopic (exact) mass is 251 g/mol. The van der Waals surface area contributed by atoms with Crippen LogP contribution in [0, 0.1) is 5.82 Å². The molecule has 0 bridgehead atoms. The lowest BCUT2D eigenvalue weighted by molar-refractivity contribution is 0.00678. The van der Waals surface area contributed by atoms with Crippen LogP contribution in [0.15, 0.2) is 12.1 Å². The van der Waals surface area contributed by atoms with Gasteiger partial charge in [-0.05, 0) is 57.0 Å². The summed E-state index contributed by atoms with van der Waals surface area (Å²) in [6, 6.07) is 2.86. The van der Waals surface area contributed by atoms with Crippen molar-refractivity contribution in [3.63, 3.8) is 0 Å². The van der Waals surface area contributed by atoms with E-state index in [2.05, 4.69) is 5.32 Å². The highest BCUT2D eigenvalue weighted by Crippen LogP contribution is 2.23. The van der Waals surface area contributed by atoms with Gasteiger partial charge in [-0.25, -0.2) is 9.18 Å². The van der Waals surface area contributed by atoms with Gasteiger partial charge in [0.2, 0.25) is 0 Å². The van der Waals surface area contributed by atoms with E-state index in [1.54, 1.807) is 0 Å². The zero-order chi connectivity index (χ0) is 13.3. The molecule has 0 spiro atoms. The minimum atomic E-state index is -0.541. The van der Waals surface area contributed by atoms with Crippen molar-refractivity contribution in [1.29, 1.82) is 0 Å². The maximum absolute atomic E-state index is 13.7. The normalized spacial score (nSPS) is 15.1. The van der Waals surface area contributed by atoms with Crippen molar-refractivity contribution in [2.75, 3.05) is 6.54 Å². The van der Waals surface area contributed by atoms with Crippen LogP contribution in [-0.4, -0.2) is 18.1 Å². The van der Waals surface area contributed by atoms with Gasteiger partial charge in [0, 0.05) is 6.54 Å². The Hall–Kier alpha value is -1.42. The van der Waals surface area contributed by atoms with Gasteiger partial charge < -0.3 is 10.1 Å². The Kier molecular flexibility index (Phi) is 3.39. The predicted molar refractivity (Wildman–Crippen MR) is 67.0 cm³/mol. The van der Waals surface area contributed by atoms with Crippen LogP contribution in [0.25, 0.3) is 0 Å². The molecule has 0 fully saturated rings. The fourth-order valence-corrected chi connectivity index (χ4v) is 2.09. The molecule has 0 radical (unpaired) electrons. The number of halogens is 1. The number of esters is 1. The minimum absolute atomic E-state index is 0.237. The predicted octanol–water partition coefficient (Wildman–Crippen LogP) is 2.43. The quantitative estimate of drug-likeness (QED) is 0.779. The lowest BCUT2D eigenvalue weighted by Crippen LogP contribution is -2.29. The van der Waals surface area contributed by atoms with Gasteiger partial charge >= 0.3 is 5.97 Å². The number of hydrogen-bond donors (Lipinski definition) is 1. The summed E-state index contributed by atoms with van der Waals surface area (Å²) in [4.78, 5) is 12.1. The highest BCUT2D eigenvalue weighted by molar-refractivity contribution is 5.91. The second-order valence-electron chi connectivity index (χ2n) is 5.48. The van der Waals surface area contributed by atoms with Crippen LogP contribution < -0.4 is 5.32 Å². The Morgan fingerprint density at radius 3 is 2.72 bits per heavy atom. The van der Waals surface area contributed by atoms with Gasteiger partial charge in [0.1, 0.15) is 11.4 Å². The summed E-state index contributed by atoms with van der Waals surface area (Å²) in [5, 5.41) is 3.15. The molecule has 3 nitrogen and oxygen atoms in total. The first kappa shape index (κ1) is 13.0. The summed E-state index contributed by atoms with van der Waals surface area (Å²) >= 11 is 0. The number of nitrogens with one attached hydrogen (secondary N) is 1. The topological polar surface area (TPSA) is 38.3 Å². The Balaban J connectivity index is 2.37. The summed E-state index contributed by atoms with van der Waals surface area (Å²) in [5.74, 6) is -0.624. The molecule has 0 atom stereocenters. The first-order valence-corrected chi connectivity index (χ1v) is 6.13. The molecule has 0 aliphatic carbocycles. The Morgan fingerprint density at radius 1 is 1.33 bits per heavy atom. The van der Waals surface area contributed by atoms with Gasteiger partial charge in [-0.15, -0.1) is 0 Å². The van der Waals surface area contributed by atoms with E-state index in [1.165, 1.54) is 12.1 Å². The minimum Gasteiger partial charge on any atom is -0.456 e. The van der Waals surface area contributed by atoms with Crippen LogP contribution in [-0.2, 0) is 17.7 Å². The van der Waals surface area contributed by atoms with Gasteiger partial charge in [0.15, 0.2) is 0 Å². The van der Waals surface area contributed by atoms with E-state index in [0.29, 0.717) is 24.1 Å². The van der Waals surface area contributed by atoms with Gasteiger partial charge in [0.05, 0.1) is 5.56 Å². The molecule has 2 rings (SSSR count). The van der Waals surface area contributed by atoms with E-state index in [1.807, 2.05) is 20.8 Å². The summed E-state index contributed by atoms with van der Waals surface area (Å²) in [5.41, 5.74) is 1.29. The van der Waals surface area contributed by atoms with Crippen molar-refractivity contribution in [3.8, 4) is 0 Å². The molecule has 4 heteroatoms. The Morgan fingerprint density at radius 2 is 2.06 bits per heavy atom. The highest BCUT2D eigenvalue weighted by atomic mass is 19.1. The first-order valence-electron chi connectivity index (χ1n) is 6.13. The van der Waals surface area contributed by atoms with E-state index in [4.69, 9.17) is 4.74 Å². The van der Waals surface area contributed by atoms with Gasteiger partial charge in [-0.3, -0.25) is 0 Å². The number of benzene rings is 1. The third-order valence-corrected chi connectivity index (χ3v) is 2.85. The molecule has 0 aromatic heterocycles. The second kappa shape index (κ2) is 4.69. The van der Waals surface area contributed by atoms with Crippen molar-refractivity contribution < 1.29 is 13.9 Å². The molecule has 1 aromatic rings. The van der Waals surface area contributed by atoms with Gasteiger partial charge in [-0.2, -0.15) is 0 Å². The fraction of sp³-hybridized carbons (Fsp3) is 0.500. The lowest BCUT2D eigenvalue weighted by atomic mass is 9.95. The summed E-state index contributed by atoms with van der Waals surface area (Å²) < 4.78 is 19.0. The van der Waals surface area contributed by atoms with Crippen LogP contribution >= 0.6 is 0 Å². The average molecular weight is 251 g/mol. The van der Waals surface area contributed by atoms with Crippen molar-refractivity contribution in [2.24, 2.45) is 0 Å². The molecular formula is C14H18FNO2. The van der Waals surface area contributed by atoms with Crippen molar-refractivity contribution >= 4 is 5.97 Å². The van der Waals surface area contributed by atoms with Crippen LogP contribution in [0.5, 0.6) is 0 Å². The molecule has 0 amide bonds. The molecule has 1 aromatic carbocycles. The van der Waals surface area contributed by atoms with Gasteiger partial charge in [-0.1, -0.05) is 0 Å². The molecule has 0 unspecified atom stereocenters. The molecule has 1 aliphatic heterocycles. The summed E-state index contributed by atoms with van der Waals surface area (Å²) in [6.45, 7) is 6.71. The molecule has 98 valence electrons. The second-order valence-corrected chi connectivity index (χ2v) is 5.48. The molecule has 1 heterocycles. The van der Waals surface area contributed by atoms with E-state index >= 15 is 0 Å². The average Bonchev–Trinajstić information content (AvgIpc) is 2.27. The summed E-state index contributed by atoms with van der Waals surface area (Å²) in [7, 11) is 0. The largest absolute Gasteiger partial charge is 0.456 e. The number of rotatable bonds is 1.